The average Bonchev–Trinajstić information content (AvgIpc) is 2.17. The van der Waals surface area contributed by atoms with E-state index >= 15 is 0 Å². The van der Waals surface area contributed by atoms with Crippen LogP contribution in [0.5, 0.6) is 0 Å². The number of ether oxygens (including phenoxy) is 1. The Labute approximate surface area is 104 Å². The molecule has 0 fully saturated rings. The van der Waals surface area contributed by atoms with Gasteiger partial charge in [-0.1, -0.05) is 0 Å². The van der Waals surface area contributed by atoms with Crippen LogP contribution < -0.4 is 0 Å². The summed E-state index contributed by atoms with van der Waals surface area (Å²) >= 11 is 5.22. The second kappa shape index (κ2) is 7.25. The van der Waals surface area contributed by atoms with Gasteiger partial charge >= 0.3 is 0 Å². The van der Waals surface area contributed by atoms with Crippen molar-refractivity contribution < 1.29 is 4.74 Å². The molecule has 0 amide bonds. The molecule has 0 aliphatic heterocycles. The summed E-state index contributed by atoms with van der Waals surface area (Å²) < 4.78 is 6.50. The summed E-state index contributed by atoms with van der Waals surface area (Å²) in [7, 11) is 0. The molecule has 0 aliphatic carbocycles. The van der Waals surface area contributed by atoms with E-state index in [9.17, 15) is 0 Å². The molecule has 0 aliphatic rings. The number of pyridine rings is 1. The lowest BCUT2D eigenvalue weighted by Crippen LogP contribution is -2.04. The van der Waals surface area contributed by atoms with Gasteiger partial charge in [-0.3, -0.25) is 4.98 Å². The fourth-order valence-electron chi connectivity index (χ4n) is 1.04. The minimum absolute atomic E-state index is 0.336. The van der Waals surface area contributed by atoms with Crippen LogP contribution in [0.1, 0.15) is 20.3 Å². The van der Waals surface area contributed by atoms with Gasteiger partial charge in [0.15, 0.2) is 0 Å². The number of hydrogen-bond donors (Lipinski definition) is 0. The molecule has 2 nitrogen and oxygen atoms in total. The summed E-state index contributed by atoms with van der Waals surface area (Å²) in [6.45, 7) is 4.96. The Bertz CT molecular complexity index is 294. The fraction of sp³-hybridized carbons (Fsp3) is 0.545. The highest BCUT2D eigenvalue weighted by atomic mass is 79.9. The molecule has 0 spiro atoms. The van der Waals surface area contributed by atoms with E-state index in [4.69, 9.17) is 4.74 Å². The van der Waals surface area contributed by atoms with Gasteiger partial charge in [-0.15, -0.1) is 11.8 Å². The van der Waals surface area contributed by atoms with Crippen molar-refractivity contribution in [1.82, 2.24) is 4.98 Å². The maximum atomic E-state index is 5.47. The molecule has 1 rings (SSSR count). The van der Waals surface area contributed by atoms with Crippen LogP contribution in [0.4, 0.5) is 0 Å². The van der Waals surface area contributed by atoms with E-state index in [1.54, 1.807) is 6.20 Å². The smallest absolute Gasteiger partial charge is 0.0518 e. The molecule has 0 unspecified atom stereocenters. The van der Waals surface area contributed by atoms with Crippen LogP contribution in [0.25, 0.3) is 0 Å². The Morgan fingerprint density at radius 3 is 2.93 bits per heavy atom. The van der Waals surface area contributed by atoms with E-state index in [1.807, 2.05) is 18.0 Å². The van der Waals surface area contributed by atoms with Gasteiger partial charge in [-0.05, 0) is 42.3 Å². The zero-order valence-electron chi connectivity index (χ0n) is 9.07. The first-order valence-electron chi connectivity index (χ1n) is 5.03. The van der Waals surface area contributed by atoms with Gasteiger partial charge in [0.05, 0.1) is 6.10 Å². The molecular weight excluding hydrogens is 274 g/mol. The summed E-state index contributed by atoms with van der Waals surface area (Å²) in [4.78, 5) is 5.32. The maximum absolute atomic E-state index is 5.47. The summed E-state index contributed by atoms with van der Waals surface area (Å²) in [5.74, 6) is 1.07. The molecule has 15 heavy (non-hydrogen) atoms. The summed E-state index contributed by atoms with van der Waals surface area (Å²) in [5, 5.41) is 0. The topological polar surface area (TPSA) is 22.1 Å². The fourth-order valence-corrected chi connectivity index (χ4v) is 2.40. The molecule has 0 radical (unpaired) electrons. The lowest BCUT2D eigenvalue weighted by Gasteiger charge is -2.06. The SMILES string of the molecule is CC(C)OCCCSc1cncc(Br)c1. The Morgan fingerprint density at radius 1 is 1.47 bits per heavy atom. The molecule has 0 aromatic carbocycles. The van der Waals surface area contributed by atoms with Crippen molar-refractivity contribution in [2.24, 2.45) is 0 Å². The van der Waals surface area contributed by atoms with Crippen molar-refractivity contribution in [1.29, 1.82) is 0 Å². The van der Waals surface area contributed by atoms with Crippen LogP contribution in [0.2, 0.25) is 0 Å². The van der Waals surface area contributed by atoms with E-state index in [2.05, 4.69) is 40.8 Å². The van der Waals surface area contributed by atoms with Crippen LogP contribution in [0, 0.1) is 0 Å². The highest BCUT2D eigenvalue weighted by Gasteiger charge is 1.97. The van der Waals surface area contributed by atoms with Gasteiger partial charge < -0.3 is 4.74 Å². The largest absolute Gasteiger partial charge is 0.379 e. The molecule has 84 valence electrons. The number of thioether (sulfide) groups is 1. The minimum Gasteiger partial charge on any atom is -0.379 e. The Kier molecular flexibility index (Phi) is 6.29. The van der Waals surface area contributed by atoms with Gasteiger partial charge in [0, 0.05) is 34.1 Å². The molecule has 0 saturated carbocycles. The van der Waals surface area contributed by atoms with Gasteiger partial charge in [0.25, 0.3) is 0 Å². The minimum atomic E-state index is 0.336. The first kappa shape index (κ1) is 13.0. The highest BCUT2D eigenvalue weighted by Crippen LogP contribution is 2.21. The Balaban J connectivity index is 2.15. The maximum Gasteiger partial charge on any atom is 0.0518 e. The van der Waals surface area contributed by atoms with Crippen molar-refractivity contribution in [2.45, 2.75) is 31.3 Å². The predicted octanol–water partition coefficient (Wildman–Crippen LogP) is 3.75. The zero-order valence-corrected chi connectivity index (χ0v) is 11.5. The summed E-state index contributed by atoms with van der Waals surface area (Å²) in [6.07, 6.45) is 5.10. The third kappa shape index (κ3) is 6.17. The van der Waals surface area contributed by atoms with Crippen LogP contribution in [-0.2, 0) is 4.74 Å². The number of hydrogen-bond acceptors (Lipinski definition) is 3. The number of aromatic nitrogens is 1. The zero-order chi connectivity index (χ0) is 11.1. The molecule has 1 aromatic heterocycles. The lowest BCUT2D eigenvalue weighted by atomic mass is 10.4. The first-order chi connectivity index (χ1) is 7.18. The van der Waals surface area contributed by atoms with E-state index in [-0.39, 0.29) is 0 Å². The van der Waals surface area contributed by atoms with E-state index < -0.39 is 0 Å². The van der Waals surface area contributed by atoms with Crippen molar-refractivity contribution in [3.8, 4) is 0 Å². The monoisotopic (exact) mass is 289 g/mol. The molecule has 4 heteroatoms. The third-order valence-electron chi connectivity index (χ3n) is 1.69. The highest BCUT2D eigenvalue weighted by molar-refractivity contribution is 9.10. The molecule has 0 N–H and O–H groups in total. The van der Waals surface area contributed by atoms with E-state index in [0.717, 1.165) is 23.3 Å². The lowest BCUT2D eigenvalue weighted by molar-refractivity contribution is 0.0800. The normalized spacial score (nSPS) is 10.9. The molecule has 1 heterocycles. The quantitative estimate of drug-likeness (QED) is 0.588. The molecule has 0 bridgehead atoms. The third-order valence-corrected chi connectivity index (χ3v) is 3.17. The van der Waals surface area contributed by atoms with Gasteiger partial charge in [0.2, 0.25) is 0 Å². The van der Waals surface area contributed by atoms with Gasteiger partial charge in [-0.25, -0.2) is 0 Å². The molecule has 0 atom stereocenters. The van der Waals surface area contributed by atoms with Gasteiger partial charge in [0.1, 0.15) is 0 Å². The van der Waals surface area contributed by atoms with Gasteiger partial charge in [-0.2, -0.15) is 0 Å². The molecule has 0 saturated heterocycles. The Hall–Kier alpha value is -0.0600. The standard InChI is InChI=1S/C11H16BrNOS/c1-9(2)14-4-3-5-15-11-6-10(12)7-13-8-11/h6-9H,3-5H2,1-2H3. The van der Waals surface area contributed by atoms with Crippen LogP contribution in [-0.4, -0.2) is 23.4 Å². The van der Waals surface area contributed by atoms with Crippen molar-refractivity contribution >= 4 is 27.7 Å². The van der Waals surface area contributed by atoms with Crippen molar-refractivity contribution in [3.63, 3.8) is 0 Å². The van der Waals surface area contributed by atoms with Crippen molar-refractivity contribution in [3.05, 3.63) is 22.9 Å². The van der Waals surface area contributed by atoms with Crippen LogP contribution in [0.15, 0.2) is 27.8 Å². The first-order valence-corrected chi connectivity index (χ1v) is 6.81. The van der Waals surface area contributed by atoms with Crippen LogP contribution in [0.3, 0.4) is 0 Å². The molecule has 1 aromatic rings. The van der Waals surface area contributed by atoms with Crippen molar-refractivity contribution in [2.75, 3.05) is 12.4 Å². The molecular formula is C11H16BrNOS. The average molecular weight is 290 g/mol. The predicted molar refractivity (Wildman–Crippen MR) is 68.4 cm³/mol. The number of nitrogens with zero attached hydrogens (tertiary/aromatic N) is 1. The second-order valence-corrected chi connectivity index (χ2v) is 5.54. The Morgan fingerprint density at radius 2 is 2.27 bits per heavy atom. The van der Waals surface area contributed by atoms with Crippen LogP contribution >= 0.6 is 27.7 Å². The summed E-state index contributed by atoms with van der Waals surface area (Å²) in [6, 6.07) is 2.08. The second-order valence-electron chi connectivity index (χ2n) is 3.46. The van der Waals surface area contributed by atoms with E-state index in [0.29, 0.717) is 6.10 Å². The van der Waals surface area contributed by atoms with E-state index in [1.165, 1.54) is 4.90 Å². The number of halogens is 1. The number of rotatable bonds is 6. The summed E-state index contributed by atoms with van der Waals surface area (Å²) in [5.41, 5.74) is 0.